The summed E-state index contributed by atoms with van der Waals surface area (Å²) in [6.07, 6.45) is 5.86. The first kappa shape index (κ1) is 16.3. The van der Waals surface area contributed by atoms with Gasteiger partial charge in [0, 0.05) is 11.6 Å². The van der Waals surface area contributed by atoms with Gasteiger partial charge in [0.2, 0.25) is 12.7 Å². The fraction of sp³-hybridized carbons (Fsp3) is 0.471. The quantitative estimate of drug-likeness (QED) is 0.824. The van der Waals surface area contributed by atoms with Crippen molar-refractivity contribution in [2.24, 2.45) is 5.73 Å². The number of primary amides is 1. The number of nitrogens with two attached hydrogens (primary N) is 1. The molecule has 2 aromatic rings. The zero-order valence-electron chi connectivity index (χ0n) is 13.8. The summed E-state index contributed by atoms with van der Waals surface area (Å²) >= 11 is 1.35. The van der Waals surface area contributed by atoms with E-state index in [1.165, 1.54) is 31.0 Å². The summed E-state index contributed by atoms with van der Waals surface area (Å²) in [5.74, 6) is 2.12. The number of aromatic nitrogens is 3. The number of carbonyl (C=O) groups is 1. The van der Waals surface area contributed by atoms with Crippen molar-refractivity contribution in [3.8, 4) is 22.9 Å². The van der Waals surface area contributed by atoms with Gasteiger partial charge in [0.25, 0.3) is 0 Å². The fourth-order valence-electron chi connectivity index (χ4n) is 3.41. The van der Waals surface area contributed by atoms with E-state index in [9.17, 15) is 4.79 Å². The second-order valence-corrected chi connectivity index (χ2v) is 7.23. The van der Waals surface area contributed by atoms with Gasteiger partial charge in [0.05, 0.1) is 5.75 Å². The van der Waals surface area contributed by atoms with Crippen LogP contribution in [0.2, 0.25) is 0 Å². The highest BCUT2D eigenvalue weighted by Crippen LogP contribution is 2.39. The van der Waals surface area contributed by atoms with E-state index in [-0.39, 0.29) is 18.5 Å². The molecule has 8 heteroatoms. The Morgan fingerprint density at radius 1 is 1.20 bits per heavy atom. The van der Waals surface area contributed by atoms with Crippen LogP contribution in [-0.4, -0.2) is 33.2 Å². The molecule has 0 radical (unpaired) electrons. The molecule has 0 unspecified atom stereocenters. The van der Waals surface area contributed by atoms with E-state index in [1.54, 1.807) is 0 Å². The van der Waals surface area contributed by atoms with Gasteiger partial charge in [-0.05, 0) is 31.0 Å². The molecule has 0 atom stereocenters. The van der Waals surface area contributed by atoms with Crippen molar-refractivity contribution in [2.75, 3.05) is 12.5 Å². The molecule has 1 amide bonds. The minimum Gasteiger partial charge on any atom is -0.454 e. The van der Waals surface area contributed by atoms with Gasteiger partial charge in [0.15, 0.2) is 22.5 Å². The lowest BCUT2D eigenvalue weighted by Crippen LogP contribution is -2.17. The molecule has 4 rings (SSSR count). The number of amides is 1. The van der Waals surface area contributed by atoms with Gasteiger partial charge in [-0.1, -0.05) is 31.0 Å². The topological polar surface area (TPSA) is 92.3 Å². The monoisotopic (exact) mass is 360 g/mol. The van der Waals surface area contributed by atoms with E-state index in [0.717, 1.165) is 40.9 Å². The number of nitrogens with zero attached hydrogens (tertiary/aromatic N) is 3. The number of benzene rings is 1. The maximum absolute atomic E-state index is 11.2. The van der Waals surface area contributed by atoms with Gasteiger partial charge in [-0.3, -0.25) is 9.36 Å². The SMILES string of the molecule is NC(=O)CSc1nnc(-c2ccc3c(c2)OCO3)n1C1CCCCC1. The van der Waals surface area contributed by atoms with Gasteiger partial charge in [0.1, 0.15) is 0 Å². The van der Waals surface area contributed by atoms with Gasteiger partial charge in [-0.25, -0.2) is 0 Å². The van der Waals surface area contributed by atoms with Crippen molar-refractivity contribution >= 4 is 17.7 Å². The zero-order valence-corrected chi connectivity index (χ0v) is 14.6. The maximum Gasteiger partial charge on any atom is 0.231 e. The van der Waals surface area contributed by atoms with Gasteiger partial charge >= 0.3 is 0 Å². The van der Waals surface area contributed by atoms with Crippen LogP contribution in [0.25, 0.3) is 11.4 Å². The van der Waals surface area contributed by atoms with Crippen molar-refractivity contribution in [1.82, 2.24) is 14.8 Å². The number of ether oxygens (including phenoxy) is 2. The highest BCUT2D eigenvalue weighted by atomic mass is 32.2. The number of carbonyl (C=O) groups excluding carboxylic acids is 1. The fourth-order valence-corrected chi connectivity index (χ4v) is 4.16. The molecule has 1 saturated carbocycles. The van der Waals surface area contributed by atoms with Crippen LogP contribution in [0.15, 0.2) is 23.4 Å². The van der Waals surface area contributed by atoms with Crippen LogP contribution in [0.4, 0.5) is 0 Å². The van der Waals surface area contributed by atoms with E-state index in [1.807, 2.05) is 18.2 Å². The lowest BCUT2D eigenvalue weighted by Gasteiger charge is -2.25. The lowest BCUT2D eigenvalue weighted by atomic mass is 9.95. The molecule has 1 aliphatic heterocycles. The summed E-state index contributed by atoms with van der Waals surface area (Å²) in [7, 11) is 0. The molecule has 0 saturated heterocycles. The molecule has 7 nitrogen and oxygen atoms in total. The summed E-state index contributed by atoms with van der Waals surface area (Å²) in [5, 5.41) is 9.49. The number of rotatable bonds is 5. The molecule has 2 aliphatic rings. The zero-order chi connectivity index (χ0) is 17.2. The molecule has 1 aromatic carbocycles. The van der Waals surface area contributed by atoms with Gasteiger partial charge < -0.3 is 15.2 Å². The minimum atomic E-state index is -0.354. The summed E-state index contributed by atoms with van der Waals surface area (Å²) in [6, 6.07) is 6.15. The van der Waals surface area contributed by atoms with Crippen molar-refractivity contribution in [3.63, 3.8) is 0 Å². The third kappa shape index (κ3) is 3.30. The first-order valence-corrected chi connectivity index (χ1v) is 9.47. The summed E-state index contributed by atoms with van der Waals surface area (Å²) in [6.45, 7) is 0.244. The average Bonchev–Trinajstić information content (AvgIpc) is 3.26. The summed E-state index contributed by atoms with van der Waals surface area (Å²) in [4.78, 5) is 11.2. The van der Waals surface area contributed by atoms with E-state index < -0.39 is 0 Å². The Labute approximate surface area is 149 Å². The smallest absolute Gasteiger partial charge is 0.231 e. The Bertz CT molecular complexity index is 786. The Kier molecular flexibility index (Phi) is 4.52. The first-order chi connectivity index (χ1) is 12.2. The number of fused-ring (bicyclic) bond motifs is 1. The van der Waals surface area contributed by atoms with E-state index in [4.69, 9.17) is 15.2 Å². The summed E-state index contributed by atoms with van der Waals surface area (Å²) < 4.78 is 13.0. The molecule has 25 heavy (non-hydrogen) atoms. The molecule has 0 spiro atoms. The lowest BCUT2D eigenvalue weighted by molar-refractivity contribution is -0.115. The van der Waals surface area contributed by atoms with Crippen LogP contribution >= 0.6 is 11.8 Å². The molecule has 1 fully saturated rings. The van der Waals surface area contributed by atoms with E-state index in [2.05, 4.69) is 14.8 Å². The molecule has 132 valence electrons. The molecule has 0 bridgehead atoms. The largest absolute Gasteiger partial charge is 0.454 e. The third-order valence-corrected chi connectivity index (χ3v) is 5.54. The Morgan fingerprint density at radius 3 is 2.80 bits per heavy atom. The normalized spacial score (nSPS) is 17.0. The third-order valence-electron chi connectivity index (χ3n) is 4.58. The molecular weight excluding hydrogens is 340 g/mol. The Morgan fingerprint density at radius 2 is 2.00 bits per heavy atom. The number of thioether (sulfide) groups is 1. The van der Waals surface area contributed by atoms with Crippen molar-refractivity contribution in [3.05, 3.63) is 18.2 Å². The average molecular weight is 360 g/mol. The Hall–Kier alpha value is -2.22. The minimum absolute atomic E-state index is 0.200. The molecule has 2 heterocycles. The van der Waals surface area contributed by atoms with Crippen molar-refractivity contribution in [1.29, 1.82) is 0 Å². The van der Waals surface area contributed by atoms with Gasteiger partial charge in [-0.2, -0.15) is 0 Å². The van der Waals surface area contributed by atoms with Crippen molar-refractivity contribution < 1.29 is 14.3 Å². The highest BCUT2D eigenvalue weighted by molar-refractivity contribution is 7.99. The summed E-state index contributed by atoms with van der Waals surface area (Å²) in [5.41, 5.74) is 6.24. The van der Waals surface area contributed by atoms with E-state index >= 15 is 0 Å². The second-order valence-electron chi connectivity index (χ2n) is 6.29. The molecule has 1 aromatic heterocycles. The van der Waals surface area contributed by atoms with E-state index in [0.29, 0.717) is 6.04 Å². The Balaban J connectivity index is 1.72. The molecule has 2 N–H and O–H groups in total. The first-order valence-electron chi connectivity index (χ1n) is 8.48. The molecular formula is C17H20N4O3S. The molecule has 1 aliphatic carbocycles. The standard InChI is InChI=1S/C17H20N4O3S/c18-15(22)9-25-17-20-19-16(21(17)12-4-2-1-3-5-12)11-6-7-13-14(8-11)24-10-23-13/h6-8,12H,1-5,9-10H2,(H2,18,22). The predicted octanol–water partition coefficient (Wildman–Crippen LogP) is 2.76. The predicted molar refractivity (Wildman–Crippen MR) is 93.6 cm³/mol. The van der Waals surface area contributed by atoms with Crippen LogP contribution in [0.3, 0.4) is 0 Å². The number of hydrogen-bond donors (Lipinski definition) is 1. The van der Waals surface area contributed by atoms with Crippen LogP contribution in [0, 0.1) is 0 Å². The van der Waals surface area contributed by atoms with Crippen LogP contribution < -0.4 is 15.2 Å². The van der Waals surface area contributed by atoms with Crippen LogP contribution in [0.1, 0.15) is 38.1 Å². The second kappa shape index (κ2) is 6.95. The van der Waals surface area contributed by atoms with Crippen molar-refractivity contribution in [2.45, 2.75) is 43.3 Å². The van der Waals surface area contributed by atoms with Crippen LogP contribution in [-0.2, 0) is 4.79 Å². The number of hydrogen-bond acceptors (Lipinski definition) is 6. The van der Waals surface area contributed by atoms with Crippen LogP contribution in [0.5, 0.6) is 11.5 Å². The maximum atomic E-state index is 11.2. The highest BCUT2D eigenvalue weighted by Gasteiger charge is 2.25. The van der Waals surface area contributed by atoms with Gasteiger partial charge in [-0.15, -0.1) is 10.2 Å².